The summed E-state index contributed by atoms with van der Waals surface area (Å²) in [5.74, 6) is -0.0891. The van der Waals surface area contributed by atoms with Crippen LogP contribution in [0.25, 0.3) is 11.3 Å². The molecule has 1 heterocycles. The minimum absolute atomic E-state index is 0.00118. The van der Waals surface area contributed by atoms with Gasteiger partial charge in [-0.05, 0) is 38.1 Å². The number of benzene rings is 1. The number of furan rings is 1. The van der Waals surface area contributed by atoms with Crippen molar-refractivity contribution in [1.82, 2.24) is 0 Å². The standard InChI is InChI=1S/C20H24O5/c1-12(2)5-8-18(25-20(23)13(3)4)14-9-19(24-11-14)16-10-15(21)6-7-17(16)22/h5-7,9-11,13,18,21-22H,8H2,1-4H3. The maximum atomic E-state index is 12.0. The molecular formula is C20H24O5. The summed E-state index contributed by atoms with van der Waals surface area (Å²) in [7, 11) is 0. The first-order chi connectivity index (χ1) is 11.8. The zero-order valence-corrected chi connectivity index (χ0v) is 14.9. The SMILES string of the molecule is CC(C)=CCC(OC(=O)C(C)C)c1coc(-c2cc(O)ccc2O)c1. The van der Waals surface area contributed by atoms with Gasteiger partial charge in [0.15, 0.2) is 0 Å². The fourth-order valence-electron chi connectivity index (χ4n) is 2.25. The predicted octanol–water partition coefficient (Wildman–Crippen LogP) is 4.95. The van der Waals surface area contributed by atoms with Crippen molar-refractivity contribution in [3.63, 3.8) is 0 Å². The summed E-state index contributed by atoms with van der Waals surface area (Å²) in [6.07, 6.45) is 3.57. The molecular weight excluding hydrogens is 320 g/mol. The predicted molar refractivity (Wildman–Crippen MR) is 95.2 cm³/mol. The number of ether oxygens (including phenoxy) is 1. The maximum Gasteiger partial charge on any atom is 0.308 e. The number of hydrogen-bond donors (Lipinski definition) is 2. The van der Waals surface area contributed by atoms with Gasteiger partial charge in [-0.1, -0.05) is 25.5 Å². The third-order valence-electron chi connectivity index (χ3n) is 3.71. The van der Waals surface area contributed by atoms with E-state index in [0.717, 1.165) is 5.57 Å². The molecule has 1 atom stereocenters. The summed E-state index contributed by atoms with van der Waals surface area (Å²) in [5, 5.41) is 19.6. The Kier molecular flexibility index (Phi) is 5.91. The van der Waals surface area contributed by atoms with E-state index in [2.05, 4.69) is 0 Å². The zero-order valence-electron chi connectivity index (χ0n) is 14.9. The molecule has 0 bridgehead atoms. The summed E-state index contributed by atoms with van der Waals surface area (Å²) in [6.45, 7) is 7.53. The van der Waals surface area contributed by atoms with Crippen molar-refractivity contribution in [2.75, 3.05) is 0 Å². The van der Waals surface area contributed by atoms with Crippen LogP contribution in [0.2, 0.25) is 0 Å². The smallest absolute Gasteiger partial charge is 0.308 e. The molecule has 1 aromatic carbocycles. The molecule has 0 amide bonds. The van der Waals surface area contributed by atoms with Crippen molar-refractivity contribution in [2.24, 2.45) is 5.92 Å². The summed E-state index contributed by atoms with van der Waals surface area (Å²) >= 11 is 0. The van der Waals surface area contributed by atoms with Crippen LogP contribution in [0.3, 0.4) is 0 Å². The Hall–Kier alpha value is -2.69. The van der Waals surface area contributed by atoms with Gasteiger partial charge >= 0.3 is 5.97 Å². The lowest BCUT2D eigenvalue weighted by Gasteiger charge is -2.16. The zero-order chi connectivity index (χ0) is 18.6. The highest BCUT2D eigenvalue weighted by Crippen LogP contribution is 2.36. The lowest BCUT2D eigenvalue weighted by molar-refractivity contribution is -0.153. The third kappa shape index (κ3) is 4.89. The maximum absolute atomic E-state index is 12.0. The number of carbonyl (C=O) groups excluding carboxylic acids is 1. The lowest BCUT2D eigenvalue weighted by Crippen LogP contribution is -2.15. The monoisotopic (exact) mass is 344 g/mol. The summed E-state index contributed by atoms with van der Waals surface area (Å²) in [4.78, 5) is 12.0. The first kappa shape index (κ1) is 18.6. The van der Waals surface area contributed by atoms with E-state index >= 15 is 0 Å². The van der Waals surface area contributed by atoms with Crippen molar-refractivity contribution in [3.8, 4) is 22.8 Å². The molecule has 25 heavy (non-hydrogen) atoms. The molecule has 0 radical (unpaired) electrons. The molecule has 134 valence electrons. The van der Waals surface area contributed by atoms with Crippen LogP contribution < -0.4 is 0 Å². The van der Waals surface area contributed by atoms with Gasteiger partial charge in [0.2, 0.25) is 0 Å². The molecule has 2 N–H and O–H groups in total. The molecule has 0 saturated carbocycles. The highest BCUT2D eigenvalue weighted by atomic mass is 16.5. The van der Waals surface area contributed by atoms with Gasteiger partial charge in [-0.15, -0.1) is 0 Å². The van der Waals surface area contributed by atoms with Crippen LogP contribution in [0.5, 0.6) is 11.5 Å². The second-order valence-electron chi connectivity index (χ2n) is 6.54. The van der Waals surface area contributed by atoms with Gasteiger partial charge in [-0.3, -0.25) is 4.79 Å². The summed E-state index contributed by atoms with van der Waals surface area (Å²) in [5.41, 5.74) is 2.20. The van der Waals surface area contributed by atoms with Crippen LogP contribution >= 0.6 is 0 Å². The fraction of sp³-hybridized carbons (Fsp3) is 0.350. The average molecular weight is 344 g/mol. The molecule has 0 fully saturated rings. The Balaban J connectivity index is 2.32. The van der Waals surface area contributed by atoms with Gasteiger partial charge < -0.3 is 19.4 Å². The molecule has 1 aromatic heterocycles. The van der Waals surface area contributed by atoms with E-state index in [1.54, 1.807) is 19.9 Å². The highest BCUT2D eigenvalue weighted by molar-refractivity contribution is 5.72. The van der Waals surface area contributed by atoms with E-state index in [9.17, 15) is 15.0 Å². The van der Waals surface area contributed by atoms with Crippen molar-refractivity contribution >= 4 is 5.97 Å². The van der Waals surface area contributed by atoms with Crippen molar-refractivity contribution in [3.05, 3.63) is 47.7 Å². The molecule has 5 nitrogen and oxygen atoms in total. The van der Waals surface area contributed by atoms with Crippen molar-refractivity contribution in [1.29, 1.82) is 0 Å². The van der Waals surface area contributed by atoms with Crippen LogP contribution in [-0.4, -0.2) is 16.2 Å². The number of rotatable bonds is 6. The Bertz CT molecular complexity index is 766. The number of phenolic OH excluding ortho intramolecular Hbond substituents is 2. The number of aromatic hydroxyl groups is 2. The Morgan fingerprint density at radius 1 is 1.24 bits per heavy atom. The minimum atomic E-state index is -0.471. The van der Waals surface area contributed by atoms with E-state index in [1.807, 2.05) is 19.9 Å². The van der Waals surface area contributed by atoms with E-state index < -0.39 is 6.10 Å². The highest BCUT2D eigenvalue weighted by Gasteiger charge is 2.21. The van der Waals surface area contributed by atoms with Crippen LogP contribution in [0, 0.1) is 5.92 Å². The molecule has 0 spiro atoms. The van der Waals surface area contributed by atoms with E-state index in [1.165, 1.54) is 24.5 Å². The topological polar surface area (TPSA) is 79.9 Å². The quantitative estimate of drug-likeness (QED) is 0.440. The first-order valence-electron chi connectivity index (χ1n) is 8.22. The van der Waals surface area contributed by atoms with Crippen molar-refractivity contribution < 1.29 is 24.2 Å². The van der Waals surface area contributed by atoms with Crippen LogP contribution in [0.4, 0.5) is 0 Å². The van der Waals surface area contributed by atoms with Gasteiger partial charge in [-0.2, -0.15) is 0 Å². The second kappa shape index (κ2) is 7.92. The van der Waals surface area contributed by atoms with E-state index in [-0.39, 0.29) is 23.4 Å². The minimum Gasteiger partial charge on any atom is -0.508 e. The lowest BCUT2D eigenvalue weighted by atomic mass is 10.1. The van der Waals surface area contributed by atoms with Gasteiger partial charge in [0.25, 0.3) is 0 Å². The van der Waals surface area contributed by atoms with Crippen LogP contribution in [0.15, 0.2) is 46.6 Å². The molecule has 1 unspecified atom stereocenters. The molecule has 0 aliphatic rings. The first-order valence-corrected chi connectivity index (χ1v) is 8.22. The molecule has 2 aromatic rings. The van der Waals surface area contributed by atoms with Gasteiger partial charge in [0.1, 0.15) is 23.4 Å². The van der Waals surface area contributed by atoms with E-state index in [0.29, 0.717) is 23.3 Å². The normalized spacial score (nSPS) is 12.0. The van der Waals surface area contributed by atoms with Crippen molar-refractivity contribution in [2.45, 2.75) is 40.2 Å². The average Bonchev–Trinajstić information content (AvgIpc) is 3.02. The van der Waals surface area contributed by atoms with Gasteiger partial charge in [0, 0.05) is 12.0 Å². The Labute approximate surface area is 147 Å². The third-order valence-corrected chi connectivity index (χ3v) is 3.71. The molecule has 0 saturated heterocycles. The number of hydrogen-bond acceptors (Lipinski definition) is 5. The number of esters is 1. The number of carbonyl (C=O) groups is 1. The Morgan fingerprint density at radius 3 is 2.60 bits per heavy atom. The number of phenols is 2. The fourth-order valence-corrected chi connectivity index (χ4v) is 2.25. The molecule has 0 aliphatic carbocycles. The number of allylic oxidation sites excluding steroid dienone is 1. The van der Waals surface area contributed by atoms with Crippen LogP contribution in [-0.2, 0) is 9.53 Å². The summed E-state index contributed by atoms with van der Waals surface area (Å²) < 4.78 is 11.1. The van der Waals surface area contributed by atoms with Gasteiger partial charge in [-0.25, -0.2) is 0 Å². The molecule has 5 heteroatoms. The van der Waals surface area contributed by atoms with E-state index in [4.69, 9.17) is 9.15 Å². The second-order valence-corrected chi connectivity index (χ2v) is 6.54. The molecule has 2 rings (SSSR count). The largest absolute Gasteiger partial charge is 0.508 e. The van der Waals surface area contributed by atoms with Gasteiger partial charge in [0.05, 0.1) is 17.7 Å². The Morgan fingerprint density at radius 2 is 1.96 bits per heavy atom. The molecule has 0 aliphatic heterocycles. The summed E-state index contributed by atoms with van der Waals surface area (Å²) in [6, 6.07) is 5.92. The van der Waals surface area contributed by atoms with Crippen LogP contribution in [0.1, 0.15) is 45.8 Å².